The number of carbonyl (C=O) groups excluding carboxylic acids is 1. The lowest BCUT2D eigenvalue weighted by Crippen LogP contribution is -2.38. The van der Waals surface area contributed by atoms with E-state index in [2.05, 4.69) is 6.92 Å². The lowest BCUT2D eigenvalue weighted by atomic mass is 9.94. The molecule has 3 nitrogen and oxygen atoms in total. The SMILES string of the molecule is CCC1CCN(C(=O)CCCOC)CC1. The van der Waals surface area contributed by atoms with E-state index < -0.39 is 0 Å². The van der Waals surface area contributed by atoms with Gasteiger partial charge in [0.25, 0.3) is 0 Å². The molecular formula is C12H23NO2. The molecule has 0 bridgehead atoms. The van der Waals surface area contributed by atoms with Crippen molar-refractivity contribution in [2.45, 2.75) is 39.0 Å². The Morgan fingerprint density at radius 1 is 1.40 bits per heavy atom. The van der Waals surface area contributed by atoms with Crippen molar-refractivity contribution in [1.82, 2.24) is 4.90 Å². The molecule has 1 heterocycles. The average molecular weight is 213 g/mol. The summed E-state index contributed by atoms with van der Waals surface area (Å²) in [5, 5.41) is 0. The van der Waals surface area contributed by atoms with Gasteiger partial charge in [0.1, 0.15) is 0 Å². The van der Waals surface area contributed by atoms with E-state index in [0.29, 0.717) is 18.9 Å². The lowest BCUT2D eigenvalue weighted by molar-refractivity contribution is -0.132. The molecule has 1 rings (SSSR count). The van der Waals surface area contributed by atoms with Crippen LogP contribution in [0.2, 0.25) is 0 Å². The molecular weight excluding hydrogens is 190 g/mol. The highest BCUT2D eigenvalue weighted by Crippen LogP contribution is 2.20. The third-order valence-electron chi connectivity index (χ3n) is 3.28. The second-order valence-corrected chi connectivity index (χ2v) is 4.33. The molecule has 1 aliphatic heterocycles. The van der Waals surface area contributed by atoms with Crippen LogP contribution in [0, 0.1) is 5.92 Å². The van der Waals surface area contributed by atoms with E-state index in [1.807, 2.05) is 4.90 Å². The molecule has 3 heteroatoms. The van der Waals surface area contributed by atoms with Crippen LogP contribution in [-0.4, -0.2) is 37.6 Å². The van der Waals surface area contributed by atoms with E-state index in [-0.39, 0.29) is 0 Å². The van der Waals surface area contributed by atoms with Crippen molar-refractivity contribution in [3.8, 4) is 0 Å². The minimum Gasteiger partial charge on any atom is -0.385 e. The maximum Gasteiger partial charge on any atom is 0.222 e. The Balaban J connectivity index is 2.18. The predicted molar refractivity (Wildman–Crippen MR) is 60.7 cm³/mol. The molecule has 0 aliphatic carbocycles. The minimum absolute atomic E-state index is 0.307. The van der Waals surface area contributed by atoms with Crippen LogP contribution in [0.4, 0.5) is 0 Å². The van der Waals surface area contributed by atoms with Crippen LogP contribution >= 0.6 is 0 Å². The molecule has 88 valence electrons. The van der Waals surface area contributed by atoms with Gasteiger partial charge in [0, 0.05) is 33.2 Å². The first-order valence-electron chi connectivity index (χ1n) is 6.04. The topological polar surface area (TPSA) is 29.5 Å². The van der Waals surface area contributed by atoms with E-state index >= 15 is 0 Å². The van der Waals surface area contributed by atoms with Crippen molar-refractivity contribution in [3.63, 3.8) is 0 Å². The zero-order chi connectivity index (χ0) is 11.1. The highest BCUT2D eigenvalue weighted by molar-refractivity contribution is 5.76. The molecule has 0 saturated carbocycles. The van der Waals surface area contributed by atoms with Crippen molar-refractivity contribution in [3.05, 3.63) is 0 Å². The summed E-state index contributed by atoms with van der Waals surface area (Å²) in [7, 11) is 1.68. The van der Waals surface area contributed by atoms with Crippen LogP contribution in [0.25, 0.3) is 0 Å². The van der Waals surface area contributed by atoms with Crippen LogP contribution in [0.3, 0.4) is 0 Å². The summed E-state index contributed by atoms with van der Waals surface area (Å²) in [6.45, 7) is 4.85. The Labute approximate surface area is 92.8 Å². The van der Waals surface area contributed by atoms with E-state index in [4.69, 9.17) is 4.74 Å². The molecule has 0 N–H and O–H groups in total. The average Bonchev–Trinajstić information content (AvgIpc) is 2.29. The highest BCUT2D eigenvalue weighted by atomic mass is 16.5. The zero-order valence-electron chi connectivity index (χ0n) is 10.00. The van der Waals surface area contributed by atoms with Gasteiger partial charge in [-0.25, -0.2) is 0 Å². The van der Waals surface area contributed by atoms with Crippen LogP contribution in [-0.2, 0) is 9.53 Å². The summed E-state index contributed by atoms with van der Waals surface area (Å²) in [6.07, 6.45) is 5.12. The van der Waals surface area contributed by atoms with Crippen molar-refractivity contribution in [2.75, 3.05) is 26.8 Å². The van der Waals surface area contributed by atoms with E-state index in [9.17, 15) is 4.79 Å². The Kier molecular flexibility index (Phi) is 5.69. The fourth-order valence-electron chi connectivity index (χ4n) is 2.12. The largest absolute Gasteiger partial charge is 0.385 e. The number of hydrogen-bond acceptors (Lipinski definition) is 2. The van der Waals surface area contributed by atoms with Crippen LogP contribution < -0.4 is 0 Å². The molecule has 0 aromatic heterocycles. The molecule has 0 aromatic carbocycles. The summed E-state index contributed by atoms with van der Waals surface area (Å²) >= 11 is 0. The first-order chi connectivity index (χ1) is 7.27. The van der Waals surface area contributed by atoms with Crippen LogP contribution in [0.5, 0.6) is 0 Å². The van der Waals surface area contributed by atoms with Gasteiger partial charge in [-0.3, -0.25) is 4.79 Å². The monoisotopic (exact) mass is 213 g/mol. The summed E-state index contributed by atoms with van der Waals surface area (Å²) in [6, 6.07) is 0. The molecule has 1 saturated heterocycles. The maximum atomic E-state index is 11.7. The number of nitrogens with zero attached hydrogens (tertiary/aromatic N) is 1. The van der Waals surface area contributed by atoms with Gasteiger partial charge in [-0.2, -0.15) is 0 Å². The van der Waals surface area contributed by atoms with Gasteiger partial charge < -0.3 is 9.64 Å². The third kappa shape index (κ3) is 4.20. The molecule has 15 heavy (non-hydrogen) atoms. The smallest absolute Gasteiger partial charge is 0.222 e. The number of rotatable bonds is 5. The number of methoxy groups -OCH3 is 1. The highest BCUT2D eigenvalue weighted by Gasteiger charge is 2.20. The molecule has 0 unspecified atom stereocenters. The Morgan fingerprint density at radius 2 is 2.07 bits per heavy atom. The molecule has 0 spiro atoms. The Morgan fingerprint density at radius 3 is 2.60 bits per heavy atom. The zero-order valence-corrected chi connectivity index (χ0v) is 10.00. The molecule has 1 fully saturated rings. The van der Waals surface area contributed by atoms with Gasteiger partial charge in [0.2, 0.25) is 5.91 Å². The molecule has 0 radical (unpaired) electrons. The summed E-state index contributed by atoms with van der Waals surface area (Å²) < 4.78 is 4.94. The van der Waals surface area contributed by atoms with Crippen molar-refractivity contribution in [2.24, 2.45) is 5.92 Å². The van der Waals surface area contributed by atoms with Crippen molar-refractivity contribution < 1.29 is 9.53 Å². The Bertz CT molecular complexity index is 186. The predicted octanol–water partition coefficient (Wildman–Crippen LogP) is 2.06. The second kappa shape index (κ2) is 6.83. The number of hydrogen-bond donors (Lipinski definition) is 0. The van der Waals surface area contributed by atoms with Gasteiger partial charge in [-0.1, -0.05) is 13.3 Å². The van der Waals surface area contributed by atoms with Gasteiger partial charge in [-0.15, -0.1) is 0 Å². The van der Waals surface area contributed by atoms with Crippen LogP contribution in [0.1, 0.15) is 39.0 Å². The summed E-state index contributed by atoms with van der Waals surface area (Å²) in [4.78, 5) is 13.8. The number of ether oxygens (including phenoxy) is 1. The van der Waals surface area contributed by atoms with Crippen LogP contribution in [0.15, 0.2) is 0 Å². The van der Waals surface area contributed by atoms with Gasteiger partial charge in [0.05, 0.1) is 0 Å². The van der Waals surface area contributed by atoms with Gasteiger partial charge >= 0.3 is 0 Å². The molecule has 0 aromatic rings. The molecule has 1 amide bonds. The normalized spacial score (nSPS) is 18.1. The molecule has 1 aliphatic rings. The number of carbonyl (C=O) groups is 1. The van der Waals surface area contributed by atoms with E-state index in [0.717, 1.165) is 25.4 Å². The van der Waals surface area contributed by atoms with E-state index in [1.165, 1.54) is 19.3 Å². The number of piperidine rings is 1. The quantitative estimate of drug-likeness (QED) is 0.654. The fraction of sp³-hybridized carbons (Fsp3) is 0.917. The molecule has 0 atom stereocenters. The minimum atomic E-state index is 0.307. The summed E-state index contributed by atoms with van der Waals surface area (Å²) in [5.41, 5.74) is 0. The Hall–Kier alpha value is -0.570. The lowest BCUT2D eigenvalue weighted by Gasteiger charge is -2.31. The van der Waals surface area contributed by atoms with Gasteiger partial charge in [0.15, 0.2) is 0 Å². The van der Waals surface area contributed by atoms with Crippen molar-refractivity contribution in [1.29, 1.82) is 0 Å². The van der Waals surface area contributed by atoms with Gasteiger partial charge in [-0.05, 0) is 25.2 Å². The first-order valence-corrected chi connectivity index (χ1v) is 6.04. The maximum absolute atomic E-state index is 11.7. The second-order valence-electron chi connectivity index (χ2n) is 4.33. The first kappa shape index (κ1) is 12.5. The third-order valence-corrected chi connectivity index (χ3v) is 3.28. The fourth-order valence-corrected chi connectivity index (χ4v) is 2.12. The summed E-state index contributed by atoms with van der Waals surface area (Å²) in [5.74, 6) is 1.15. The van der Waals surface area contributed by atoms with Crippen molar-refractivity contribution >= 4 is 5.91 Å². The number of likely N-dealkylation sites (tertiary alicyclic amines) is 1. The standard InChI is InChI=1S/C12H23NO2/c1-3-11-6-8-13(9-7-11)12(14)5-4-10-15-2/h11H,3-10H2,1-2H3. The van der Waals surface area contributed by atoms with E-state index in [1.54, 1.807) is 7.11 Å². The number of amides is 1.